The molecular weight excluding hydrogens is 941 g/mol. The Bertz CT molecular complexity index is 2350. The highest BCUT2D eigenvalue weighted by molar-refractivity contribution is 8.00. The van der Waals surface area contributed by atoms with E-state index in [9.17, 15) is 19.2 Å². The van der Waals surface area contributed by atoms with Crippen LogP contribution in [0.3, 0.4) is 0 Å². The Morgan fingerprint density at radius 3 is 2.40 bits per heavy atom. The number of aryl methyl sites for hydroxylation is 1. The largest absolute Gasteiger partial charge is 0.493 e. The summed E-state index contributed by atoms with van der Waals surface area (Å²) < 4.78 is 35.1. The second-order valence-electron chi connectivity index (χ2n) is 18.7. The van der Waals surface area contributed by atoms with E-state index in [1.807, 2.05) is 68.1 Å². The number of unbranched alkanes of at least 4 members (excludes halogenated alkanes) is 2. The van der Waals surface area contributed by atoms with Crippen LogP contribution in [-0.4, -0.2) is 125 Å². The lowest BCUT2D eigenvalue weighted by molar-refractivity contribution is -0.130. The van der Waals surface area contributed by atoms with Crippen LogP contribution in [0.15, 0.2) is 70.9 Å². The van der Waals surface area contributed by atoms with Crippen LogP contribution >= 0.6 is 11.8 Å². The van der Waals surface area contributed by atoms with Crippen LogP contribution in [0.2, 0.25) is 0 Å². The topological polar surface area (TPSA) is 221 Å². The van der Waals surface area contributed by atoms with Gasteiger partial charge in [0.1, 0.15) is 12.6 Å². The van der Waals surface area contributed by atoms with Gasteiger partial charge in [0.15, 0.2) is 28.7 Å². The van der Waals surface area contributed by atoms with Crippen LogP contribution in [0.4, 0.5) is 4.79 Å². The molecule has 390 valence electrons. The van der Waals surface area contributed by atoms with E-state index in [-0.39, 0.29) is 67.9 Å². The summed E-state index contributed by atoms with van der Waals surface area (Å²) in [6.07, 6.45) is 9.96. The van der Waals surface area contributed by atoms with Crippen molar-refractivity contribution in [2.24, 2.45) is 10.2 Å². The molecule has 2 fully saturated rings. The van der Waals surface area contributed by atoms with E-state index in [4.69, 9.17) is 28.4 Å². The van der Waals surface area contributed by atoms with Crippen LogP contribution in [-0.2, 0) is 36.9 Å². The predicted molar refractivity (Wildman–Crippen MR) is 276 cm³/mol. The van der Waals surface area contributed by atoms with E-state index < -0.39 is 11.7 Å². The van der Waals surface area contributed by atoms with E-state index in [0.717, 1.165) is 66.0 Å². The van der Waals surface area contributed by atoms with Crippen molar-refractivity contribution >= 4 is 41.6 Å². The Kier molecular flexibility index (Phi) is 20.4. The maximum Gasteiger partial charge on any atom is 0.315 e. The molecule has 2 saturated heterocycles. The first-order valence-corrected chi connectivity index (χ1v) is 26.3. The minimum atomic E-state index is -0.806. The van der Waals surface area contributed by atoms with E-state index in [2.05, 4.69) is 66.4 Å². The number of carbonyl (C=O) groups excluding carboxylic acids is 4. The normalized spacial score (nSPS) is 19.6. The molecule has 72 heavy (non-hydrogen) atoms. The van der Waals surface area contributed by atoms with Crippen LogP contribution in [0.5, 0.6) is 23.0 Å². The number of nitrogens with one attached hydrogen (secondary N) is 6. The molecule has 3 aromatic carbocycles. The molecule has 0 radical (unpaired) electrons. The minimum Gasteiger partial charge on any atom is -0.493 e. The van der Waals surface area contributed by atoms with Gasteiger partial charge in [-0.1, -0.05) is 48.9 Å². The van der Waals surface area contributed by atoms with E-state index >= 15 is 0 Å². The monoisotopic (exact) mass is 1010 g/mol. The summed E-state index contributed by atoms with van der Waals surface area (Å²) in [5.74, 6) is 3.01. The number of methoxy groups -OCH3 is 2. The van der Waals surface area contributed by atoms with Crippen molar-refractivity contribution in [1.82, 2.24) is 31.9 Å². The van der Waals surface area contributed by atoms with Gasteiger partial charge in [0.25, 0.3) is 0 Å². The molecule has 5 atom stereocenters. The molecule has 7 rings (SSSR count). The van der Waals surface area contributed by atoms with Gasteiger partial charge >= 0.3 is 6.03 Å². The number of hydrogen-bond donors (Lipinski definition) is 6. The average molecular weight is 1010 g/mol. The van der Waals surface area contributed by atoms with E-state index in [0.29, 0.717) is 81.3 Å². The molecule has 4 aliphatic rings. The van der Waals surface area contributed by atoms with Crippen molar-refractivity contribution in [3.05, 3.63) is 88.5 Å². The van der Waals surface area contributed by atoms with Crippen LogP contribution in [0, 0.1) is 6.92 Å². The number of ether oxygens (including phenoxy) is 6. The summed E-state index contributed by atoms with van der Waals surface area (Å²) in [4.78, 5) is 50.0. The number of hydrogen-bond acceptors (Lipinski definition) is 14. The van der Waals surface area contributed by atoms with Crippen molar-refractivity contribution in [3.63, 3.8) is 0 Å². The van der Waals surface area contributed by atoms with Gasteiger partial charge in [0.05, 0.1) is 65.4 Å². The van der Waals surface area contributed by atoms with Gasteiger partial charge in [-0.3, -0.25) is 14.4 Å². The van der Waals surface area contributed by atoms with E-state index in [1.165, 1.54) is 5.56 Å². The Morgan fingerprint density at radius 2 is 1.61 bits per heavy atom. The number of rotatable bonds is 31. The van der Waals surface area contributed by atoms with Gasteiger partial charge in [0.2, 0.25) is 17.7 Å². The summed E-state index contributed by atoms with van der Waals surface area (Å²) in [7, 11) is 3.29. The van der Waals surface area contributed by atoms with Crippen molar-refractivity contribution in [2.75, 3.05) is 72.6 Å². The highest BCUT2D eigenvalue weighted by atomic mass is 32.2. The van der Waals surface area contributed by atoms with Gasteiger partial charge in [0, 0.05) is 49.9 Å². The summed E-state index contributed by atoms with van der Waals surface area (Å²) in [6, 6.07) is 17.7. The zero-order valence-electron chi connectivity index (χ0n) is 42.1. The number of amides is 5. The first kappa shape index (κ1) is 53.9. The average Bonchev–Trinajstić information content (AvgIpc) is 3.82. The van der Waals surface area contributed by atoms with Gasteiger partial charge in [-0.15, -0.1) is 0 Å². The summed E-state index contributed by atoms with van der Waals surface area (Å²) in [5, 5.41) is 26.8. The summed E-state index contributed by atoms with van der Waals surface area (Å²) in [6.45, 7) is 7.47. The number of fused-ring (bicyclic) bond motifs is 2. The molecule has 5 amide bonds. The molecule has 0 spiro atoms. The standard InChI is InChI=1S/C53H72N8O10S/c1-35-28-43(66-3)45(29-37(35)16-17-40-39-31-44(67-4)46(30-38(39)18-21-54-40)71-33-36-12-6-5-7-13-36)70-23-11-10-20-56-51(64)41(32-53(2)60-61-53)57-49(63)19-24-68-26-27-69-25-22-55-48(62)15-9-8-14-47-50-42(34-72-47)58-52(65)59-50/h5-7,12-13,16-17,28-31,40-42,47,50,54H,8-11,14-15,18-27,32-34H2,1-4H3,(H,55,62)(H,56,64)(H,57,63)(H2,58,59,65)/b17-16+/t40?,41?,42?,47-,50?/m0/s1. The molecule has 18 nitrogen and oxygen atoms in total. The van der Waals surface area contributed by atoms with Gasteiger partial charge in [-0.2, -0.15) is 22.0 Å². The number of benzene rings is 3. The molecule has 0 aliphatic carbocycles. The summed E-state index contributed by atoms with van der Waals surface area (Å²) in [5.41, 5.74) is 4.81. The fraction of sp³-hybridized carbons (Fsp3) is 0.547. The molecular formula is C53H72N8O10S. The maximum atomic E-state index is 13.3. The second kappa shape index (κ2) is 27.2. The quantitative estimate of drug-likeness (QED) is 0.0319. The Labute approximate surface area is 427 Å². The smallest absolute Gasteiger partial charge is 0.315 e. The predicted octanol–water partition coefficient (Wildman–Crippen LogP) is 6.09. The van der Waals surface area contributed by atoms with Crippen molar-refractivity contribution in [2.45, 2.75) is 113 Å². The highest BCUT2D eigenvalue weighted by Gasteiger charge is 2.43. The van der Waals surface area contributed by atoms with Crippen LogP contribution in [0.25, 0.3) is 6.08 Å². The second-order valence-corrected chi connectivity index (χ2v) is 19.9. The molecule has 4 aliphatic heterocycles. The van der Waals surface area contributed by atoms with Gasteiger partial charge in [-0.05, 0) is 98.0 Å². The Balaban J connectivity index is 0.760. The maximum absolute atomic E-state index is 13.3. The number of nitrogens with zero attached hydrogens (tertiary/aromatic N) is 2. The highest BCUT2D eigenvalue weighted by Crippen LogP contribution is 2.38. The molecule has 4 heterocycles. The third-order valence-electron chi connectivity index (χ3n) is 13.1. The molecule has 19 heteroatoms. The SMILES string of the molecule is COc1cc(C)c(/C=C/C2NCCc3cc(OCc4ccccc4)c(OC)cc32)cc1OCCCCNC(=O)C(CC1(C)N=N1)NC(=O)CCOCCOCCNC(=O)CCCC[C@@H]1SCC2NC(=O)NC21. The first-order chi connectivity index (χ1) is 35.0. The molecule has 0 saturated carbocycles. The van der Waals surface area contributed by atoms with Crippen molar-refractivity contribution < 1.29 is 47.6 Å². The van der Waals surface area contributed by atoms with Crippen LogP contribution in [0.1, 0.15) is 92.1 Å². The Morgan fingerprint density at radius 1 is 0.833 bits per heavy atom. The minimum absolute atomic E-state index is 0.00842. The third-order valence-corrected chi connectivity index (χ3v) is 14.6. The van der Waals surface area contributed by atoms with Crippen molar-refractivity contribution in [1.29, 1.82) is 0 Å². The summed E-state index contributed by atoms with van der Waals surface area (Å²) >= 11 is 1.88. The lowest BCUT2D eigenvalue weighted by Crippen LogP contribution is -2.49. The van der Waals surface area contributed by atoms with E-state index in [1.54, 1.807) is 14.2 Å². The molecule has 6 N–H and O–H groups in total. The molecule has 4 unspecified atom stereocenters. The molecule has 0 aromatic heterocycles. The van der Waals surface area contributed by atoms with Crippen LogP contribution < -0.4 is 50.8 Å². The van der Waals surface area contributed by atoms with Gasteiger partial charge < -0.3 is 60.3 Å². The lowest BCUT2D eigenvalue weighted by atomic mass is 9.92. The van der Waals surface area contributed by atoms with Gasteiger partial charge in [-0.25, -0.2) is 4.79 Å². The van der Waals surface area contributed by atoms with Crippen molar-refractivity contribution in [3.8, 4) is 23.0 Å². The fourth-order valence-corrected chi connectivity index (χ4v) is 10.5. The zero-order chi connectivity index (χ0) is 50.7. The zero-order valence-corrected chi connectivity index (χ0v) is 42.9. The third kappa shape index (κ3) is 16.3. The molecule has 3 aromatic rings. The Hall–Kier alpha value is -5.89. The number of urea groups is 1. The first-order valence-electron chi connectivity index (χ1n) is 25.2. The lowest BCUT2D eigenvalue weighted by Gasteiger charge is -2.26. The number of thioether (sulfide) groups is 1. The fourth-order valence-electron chi connectivity index (χ4n) is 8.99. The molecule has 0 bridgehead atoms. The number of carbonyl (C=O) groups is 4.